The Morgan fingerprint density at radius 1 is 1.17 bits per heavy atom. The van der Waals surface area contributed by atoms with Crippen molar-refractivity contribution in [2.75, 3.05) is 0 Å². The minimum absolute atomic E-state index is 0. The molecule has 0 aliphatic carbocycles. The minimum Gasteiger partial charge on any atom is -1.00 e. The molecule has 0 fully saturated rings. The third kappa shape index (κ3) is 4.78. The Morgan fingerprint density at radius 2 is 1.83 bits per heavy atom. The standard InChI is InChI=1S/C13H11NO2.ClH.Na.H/c15-13(16)12-7-4-8-14(10-12)9-11-5-2-1-3-6-11;;;/h1-8,10H,9H2;1H;;/q;;+1;-1/p+1. The second kappa shape index (κ2) is 8.27. The molecule has 0 bridgehead atoms. The van der Waals surface area contributed by atoms with Gasteiger partial charge in [0.05, 0.1) is 0 Å². The molecule has 0 aliphatic rings. The zero-order valence-electron chi connectivity index (χ0n) is 11.1. The van der Waals surface area contributed by atoms with Gasteiger partial charge in [0.1, 0.15) is 5.56 Å². The van der Waals surface area contributed by atoms with Crippen molar-refractivity contribution in [2.24, 2.45) is 0 Å². The Morgan fingerprint density at radius 3 is 2.44 bits per heavy atom. The molecule has 0 saturated heterocycles. The molecule has 0 aliphatic heterocycles. The number of aromatic carboxylic acids is 1. The number of aromatic nitrogens is 1. The molecular weight excluding hydrogens is 261 g/mol. The molecule has 0 saturated carbocycles. The normalized spacial score (nSPS) is 8.89. The van der Waals surface area contributed by atoms with Crippen LogP contribution in [-0.2, 0) is 6.54 Å². The Balaban J connectivity index is 0. The average molecular weight is 275 g/mol. The summed E-state index contributed by atoms with van der Waals surface area (Å²) in [5, 5.41) is 8.86. The summed E-state index contributed by atoms with van der Waals surface area (Å²) < 4.78 is 1.86. The quantitative estimate of drug-likeness (QED) is 0.592. The Bertz CT molecular complexity index is 511. The summed E-state index contributed by atoms with van der Waals surface area (Å²) in [6.45, 7) is 0.682. The van der Waals surface area contributed by atoms with Crippen molar-refractivity contribution in [2.45, 2.75) is 6.54 Å². The molecule has 0 unspecified atom stereocenters. The number of halogens is 1. The van der Waals surface area contributed by atoms with Crippen molar-refractivity contribution >= 4 is 18.4 Å². The molecule has 18 heavy (non-hydrogen) atoms. The molecule has 3 nitrogen and oxygen atoms in total. The van der Waals surface area contributed by atoms with Crippen LogP contribution in [0.25, 0.3) is 0 Å². The zero-order chi connectivity index (χ0) is 11.4. The Labute approximate surface area is 136 Å². The van der Waals surface area contributed by atoms with E-state index in [-0.39, 0.29) is 43.4 Å². The first kappa shape index (κ1) is 17.1. The second-order valence-electron chi connectivity index (χ2n) is 3.56. The first-order valence-corrected chi connectivity index (χ1v) is 5.02. The Kier molecular flexibility index (Phi) is 7.87. The van der Waals surface area contributed by atoms with E-state index in [1.54, 1.807) is 18.3 Å². The van der Waals surface area contributed by atoms with Crippen molar-refractivity contribution in [3.05, 3.63) is 66.0 Å². The van der Waals surface area contributed by atoms with Crippen molar-refractivity contribution in [1.29, 1.82) is 0 Å². The van der Waals surface area contributed by atoms with Gasteiger partial charge in [-0.2, -0.15) is 4.57 Å². The fourth-order valence-corrected chi connectivity index (χ4v) is 1.54. The van der Waals surface area contributed by atoms with Crippen molar-refractivity contribution in [1.82, 2.24) is 0 Å². The van der Waals surface area contributed by atoms with Gasteiger partial charge in [-0.3, -0.25) is 0 Å². The predicted octanol–water partition coefficient (Wildman–Crippen LogP) is -0.741. The number of carboxylic acids is 1. The van der Waals surface area contributed by atoms with Crippen LogP contribution in [0.4, 0.5) is 0 Å². The fraction of sp³-hybridized carbons (Fsp3) is 0.0769. The van der Waals surface area contributed by atoms with Crippen LogP contribution in [0.15, 0.2) is 54.9 Å². The van der Waals surface area contributed by atoms with Crippen LogP contribution < -0.4 is 34.1 Å². The molecule has 2 rings (SSSR count). The molecule has 1 N–H and O–H groups in total. The molecule has 0 atom stereocenters. The van der Waals surface area contributed by atoms with Gasteiger partial charge in [-0.25, -0.2) is 4.79 Å². The largest absolute Gasteiger partial charge is 1.00 e. The molecule has 1 aromatic heterocycles. The summed E-state index contributed by atoms with van der Waals surface area (Å²) in [7, 11) is 0. The first-order valence-electron chi connectivity index (χ1n) is 5.02. The van der Waals surface area contributed by atoms with Gasteiger partial charge in [-0.05, 0) is 6.07 Å². The van der Waals surface area contributed by atoms with Crippen LogP contribution in [0.5, 0.6) is 0 Å². The van der Waals surface area contributed by atoms with Crippen molar-refractivity contribution in [3.63, 3.8) is 0 Å². The van der Waals surface area contributed by atoms with Gasteiger partial charge >= 0.3 is 35.5 Å². The number of hydrogen-bond donors (Lipinski definition) is 1. The van der Waals surface area contributed by atoms with E-state index in [4.69, 9.17) is 5.11 Å². The maximum atomic E-state index is 10.8. The van der Waals surface area contributed by atoms with Crippen LogP contribution in [-0.4, -0.2) is 11.1 Å². The summed E-state index contributed by atoms with van der Waals surface area (Å²) in [4.78, 5) is 10.8. The van der Waals surface area contributed by atoms with Crippen molar-refractivity contribution < 1.29 is 45.5 Å². The molecule has 1 heterocycles. The van der Waals surface area contributed by atoms with Crippen LogP contribution in [0.2, 0.25) is 0 Å². The smallest absolute Gasteiger partial charge is 1.00 e. The summed E-state index contributed by atoms with van der Waals surface area (Å²) in [5.41, 5.74) is 1.45. The SMILES string of the molecule is Cl.O=C(O)c1ccc[n+](Cc2ccccc2)c1.[H-].[Na+]. The van der Waals surface area contributed by atoms with Gasteiger partial charge in [0.25, 0.3) is 0 Å². The summed E-state index contributed by atoms with van der Waals surface area (Å²) in [6, 6.07) is 13.3. The fourth-order valence-electron chi connectivity index (χ4n) is 1.54. The van der Waals surface area contributed by atoms with Gasteiger partial charge in [-0.15, -0.1) is 12.4 Å². The molecule has 0 spiro atoms. The van der Waals surface area contributed by atoms with Gasteiger partial charge < -0.3 is 6.53 Å². The molecule has 2 aromatic rings. The predicted molar refractivity (Wildman–Crippen MR) is 67.5 cm³/mol. The second-order valence-corrected chi connectivity index (χ2v) is 3.56. The third-order valence-corrected chi connectivity index (χ3v) is 2.31. The molecule has 1 aromatic carbocycles. The van der Waals surface area contributed by atoms with Crippen LogP contribution in [0.3, 0.4) is 0 Å². The minimum atomic E-state index is -0.901. The Hall–Kier alpha value is -0.870. The maximum absolute atomic E-state index is 10.8. The number of benzene rings is 1. The summed E-state index contributed by atoms with van der Waals surface area (Å²) in [5.74, 6) is -0.901. The first-order chi connectivity index (χ1) is 7.75. The van der Waals surface area contributed by atoms with E-state index >= 15 is 0 Å². The molecule has 90 valence electrons. The average Bonchev–Trinajstić information content (AvgIpc) is 2.30. The summed E-state index contributed by atoms with van der Waals surface area (Å²) in [6.07, 6.45) is 3.49. The maximum Gasteiger partial charge on any atom is 1.00 e. The van der Waals surface area contributed by atoms with Gasteiger partial charge in [-0.1, -0.05) is 30.3 Å². The number of rotatable bonds is 3. The number of carbonyl (C=O) groups is 1. The van der Waals surface area contributed by atoms with Gasteiger partial charge in [0.15, 0.2) is 18.9 Å². The van der Waals surface area contributed by atoms with E-state index in [1.165, 1.54) is 0 Å². The summed E-state index contributed by atoms with van der Waals surface area (Å²) >= 11 is 0. The van der Waals surface area contributed by atoms with E-state index < -0.39 is 5.97 Å². The number of nitrogens with zero attached hydrogens (tertiary/aromatic N) is 1. The topological polar surface area (TPSA) is 41.2 Å². The van der Waals surface area contributed by atoms with E-state index in [0.29, 0.717) is 12.1 Å². The van der Waals surface area contributed by atoms with Crippen LogP contribution >= 0.6 is 12.4 Å². The monoisotopic (exact) mass is 274 g/mol. The van der Waals surface area contributed by atoms with E-state index in [9.17, 15) is 4.79 Å². The van der Waals surface area contributed by atoms with Crippen molar-refractivity contribution in [3.8, 4) is 0 Å². The molecule has 0 amide bonds. The van der Waals surface area contributed by atoms with E-state index in [0.717, 1.165) is 5.56 Å². The van der Waals surface area contributed by atoms with Crippen LogP contribution in [0, 0.1) is 0 Å². The molecule has 0 radical (unpaired) electrons. The zero-order valence-corrected chi connectivity index (χ0v) is 12.9. The van der Waals surface area contributed by atoms with Gasteiger partial charge in [0, 0.05) is 11.6 Å². The van der Waals surface area contributed by atoms with E-state index in [2.05, 4.69) is 0 Å². The molecule has 5 heteroatoms. The third-order valence-electron chi connectivity index (χ3n) is 2.31. The number of carboxylic acid groups (broad SMARTS) is 1. The number of pyridine rings is 1. The van der Waals surface area contributed by atoms with Gasteiger partial charge in [0.2, 0.25) is 0 Å². The molecular formula is C13H14ClNNaO2+. The number of hydrogen-bond acceptors (Lipinski definition) is 1. The van der Waals surface area contributed by atoms with E-state index in [1.807, 2.05) is 41.1 Å². The van der Waals surface area contributed by atoms with Crippen LogP contribution in [0.1, 0.15) is 17.3 Å².